The highest BCUT2D eigenvalue weighted by molar-refractivity contribution is 5.36. The Bertz CT molecular complexity index is 500. The minimum absolute atomic E-state index is 0.0263. The van der Waals surface area contributed by atoms with Crippen LogP contribution in [0.2, 0.25) is 0 Å². The van der Waals surface area contributed by atoms with Gasteiger partial charge in [-0.2, -0.15) is 0 Å². The lowest BCUT2D eigenvalue weighted by atomic mass is 10.2. The summed E-state index contributed by atoms with van der Waals surface area (Å²) in [6.45, 7) is 3.55. The Morgan fingerprint density at radius 1 is 0.765 bits per heavy atom. The molecule has 0 unspecified atom stereocenters. The molecule has 88 valence electrons. The van der Waals surface area contributed by atoms with E-state index in [0.717, 1.165) is 11.1 Å². The molecule has 1 nitrogen and oxygen atoms in total. The van der Waals surface area contributed by atoms with Crippen molar-refractivity contribution >= 4 is 0 Å². The molecule has 0 amide bonds. The lowest BCUT2D eigenvalue weighted by Gasteiger charge is -2.08. The van der Waals surface area contributed by atoms with E-state index in [1.165, 1.54) is 24.3 Å². The Kier molecular flexibility index (Phi) is 3.09. The molecular formula is C14H12F2O. The number of halogens is 2. The van der Waals surface area contributed by atoms with Crippen LogP contribution in [-0.4, -0.2) is 0 Å². The first-order valence-electron chi connectivity index (χ1n) is 5.26. The van der Waals surface area contributed by atoms with E-state index in [0.29, 0.717) is 0 Å². The van der Waals surface area contributed by atoms with Crippen molar-refractivity contribution in [2.24, 2.45) is 0 Å². The second kappa shape index (κ2) is 4.53. The summed E-state index contributed by atoms with van der Waals surface area (Å²) in [4.78, 5) is 0. The zero-order chi connectivity index (χ0) is 12.4. The van der Waals surface area contributed by atoms with Crippen LogP contribution in [0.1, 0.15) is 11.1 Å². The van der Waals surface area contributed by atoms with E-state index >= 15 is 0 Å². The molecule has 0 spiro atoms. The number of rotatable bonds is 2. The zero-order valence-electron chi connectivity index (χ0n) is 9.63. The van der Waals surface area contributed by atoms with Crippen LogP contribution in [0.3, 0.4) is 0 Å². The Morgan fingerprint density at radius 3 is 1.53 bits per heavy atom. The van der Waals surface area contributed by atoms with Crippen LogP contribution >= 0.6 is 0 Å². The quantitative estimate of drug-likeness (QED) is 0.749. The summed E-state index contributed by atoms with van der Waals surface area (Å²) in [6.07, 6.45) is 0. The van der Waals surface area contributed by atoms with Crippen LogP contribution in [0.5, 0.6) is 11.5 Å². The maximum Gasteiger partial charge on any atom is 0.165 e. The second-order valence-corrected chi connectivity index (χ2v) is 3.97. The SMILES string of the molecule is Cc1ccc(Oc2ccc(C)cc2F)c(F)c1. The minimum Gasteiger partial charge on any atom is -0.451 e. The number of aryl methyl sites for hydroxylation is 2. The fourth-order valence-electron chi connectivity index (χ4n) is 1.50. The predicted molar refractivity (Wildman–Crippen MR) is 62.3 cm³/mol. The summed E-state index contributed by atoms with van der Waals surface area (Å²) in [5.74, 6) is -0.938. The molecule has 2 aromatic carbocycles. The molecule has 0 atom stereocenters. The van der Waals surface area contributed by atoms with Crippen molar-refractivity contribution in [1.82, 2.24) is 0 Å². The van der Waals surface area contributed by atoms with Crippen molar-refractivity contribution in [2.45, 2.75) is 13.8 Å². The van der Waals surface area contributed by atoms with Crippen LogP contribution in [0, 0.1) is 25.5 Å². The van der Waals surface area contributed by atoms with Gasteiger partial charge in [0.2, 0.25) is 0 Å². The van der Waals surface area contributed by atoms with Crippen LogP contribution in [0.4, 0.5) is 8.78 Å². The molecule has 17 heavy (non-hydrogen) atoms. The maximum absolute atomic E-state index is 13.5. The maximum atomic E-state index is 13.5. The first-order chi connectivity index (χ1) is 8.06. The van der Waals surface area contributed by atoms with E-state index in [2.05, 4.69) is 0 Å². The third kappa shape index (κ3) is 2.61. The molecule has 2 aromatic rings. The Balaban J connectivity index is 2.31. The molecule has 0 aromatic heterocycles. The molecule has 3 heteroatoms. The van der Waals surface area contributed by atoms with Gasteiger partial charge >= 0.3 is 0 Å². The third-order valence-electron chi connectivity index (χ3n) is 2.39. The van der Waals surface area contributed by atoms with Gasteiger partial charge in [0.1, 0.15) is 0 Å². The molecule has 0 N–H and O–H groups in total. The summed E-state index contributed by atoms with van der Waals surface area (Å²) in [5.41, 5.74) is 1.58. The Morgan fingerprint density at radius 2 is 1.18 bits per heavy atom. The van der Waals surface area contributed by atoms with Crippen molar-refractivity contribution in [3.8, 4) is 11.5 Å². The van der Waals surface area contributed by atoms with Gasteiger partial charge in [0, 0.05) is 0 Å². The summed E-state index contributed by atoms with van der Waals surface area (Å²) in [5, 5.41) is 0. The second-order valence-electron chi connectivity index (χ2n) is 3.97. The monoisotopic (exact) mass is 234 g/mol. The van der Waals surface area contributed by atoms with Gasteiger partial charge in [0.05, 0.1) is 0 Å². The van der Waals surface area contributed by atoms with Gasteiger partial charge in [0.15, 0.2) is 23.1 Å². The molecule has 0 saturated heterocycles. The highest BCUT2D eigenvalue weighted by Gasteiger charge is 2.08. The van der Waals surface area contributed by atoms with Crippen molar-refractivity contribution in [3.05, 3.63) is 59.2 Å². The molecule has 0 bridgehead atoms. The summed E-state index contributed by atoms with van der Waals surface area (Å²) >= 11 is 0. The van der Waals surface area contributed by atoms with Crippen molar-refractivity contribution in [1.29, 1.82) is 0 Å². The summed E-state index contributed by atoms with van der Waals surface area (Å²) in [7, 11) is 0. The van der Waals surface area contributed by atoms with Gasteiger partial charge in [-0.15, -0.1) is 0 Å². The molecule has 0 aliphatic rings. The van der Waals surface area contributed by atoms with E-state index in [4.69, 9.17) is 4.74 Å². The van der Waals surface area contributed by atoms with Gasteiger partial charge < -0.3 is 4.74 Å². The van der Waals surface area contributed by atoms with Crippen molar-refractivity contribution in [3.63, 3.8) is 0 Å². The van der Waals surface area contributed by atoms with Gasteiger partial charge in [-0.25, -0.2) is 8.78 Å². The first-order valence-corrected chi connectivity index (χ1v) is 5.26. The van der Waals surface area contributed by atoms with E-state index in [1.807, 2.05) is 0 Å². The largest absolute Gasteiger partial charge is 0.451 e. The molecular weight excluding hydrogens is 222 g/mol. The molecule has 0 heterocycles. The van der Waals surface area contributed by atoms with Gasteiger partial charge in [-0.05, 0) is 49.2 Å². The Hall–Kier alpha value is -1.90. The summed E-state index contributed by atoms with van der Waals surface area (Å²) in [6, 6.07) is 9.10. The van der Waals surface area contributed by atoms with Crippen LogP contribution in [0.25, 0.3) is 0 Å². The fourth-order valence-corrected chi connectivity index (χ4v) is 1.50. The van der Waals surface area contributed by atoms with E-state index in [9.17, 15) is 8.78 Å². The zero-order valence-corrected chi connectivity index (χ0v) is 9.63. The van der Waals surface area contributed by atoms with E-state index < -0.39 is 11.6 Å². The van der Waals surface area contributed by atoms with Crippen LogP contribution in [-0.2, 0) is 0 Å². The average Bonchev–Trinajstić information content (AvgIpc) is 2.25. The van der Waals surface area contributed by atoms with Crippen molar-refractivity contribution < 1.29 is 13.5 Å². The minimum atomic E-state index is -0.495. The number of benzene rings is 2. The van der Waals surface area contributed by atoms with Gasteiger partial charge in [-0.3, -0.25) is 0 Å². The lowest BCUT2D eigenvalue weighted by Crippen LogP contribution is -1.92. The molecule has 0 aliphatic heterocycles. The standard InChI is InChI=1S/C14H12F2O/c1-9-3-5-13(11(15)7-9)17-14-6-4-10(2)8-12(14)16/h3-8H,1-2H3. The fraction of sp³-hybridized carbons (Fsp3) is 0.143. The lowest BCUT2D eigenvalue weighted by molar-refractivity contribution is 0.414. The topological polar surface area (TPSA) is 9.23 Å². The number of ether oxygens (including phenoxy) is 1. The van der Waals surface area contributed by atoms with Crippen molar-refractivity contribution in [2.75, 3.05) is 0 Å². The number of hydrogen-bond acceptors (Lipinski definition) is 1. The third-order valence-corrected chi connectivity index (χ3v) is 2.39. The Labute approximate surface area is 98.7 Å². The van der Waals surface area contributed by atoms with Gasteiger partial charge in [0.25, 0.3) is 0 Å². The van der Waals surface area contributed by atoms with E-state index in [1.54, 1.807) is 26.0 Å². The molecule has 0 saturated carbocycles. The predicted octanol–water partition coefficient (Wildman–Crippen LogP) is 4.37. The normalized spacial score (nSPS) is 10.4. The molecule has 0 radical (unpaired) electrons. The molecule has 0 aliphatic carbocycles. The molecule has 2 rings (SSSR count). The van der Waals surface area contributed by atoms with Crippen LogP contribution < -0.4 is 4.74 Å². The first kappa shape index (κ1) is 11.6. The highest BCUT2D eigenvalue weighted by Crippen LogP contribution is 2.27. The average molecular weight is 234 g/mol. The van der Waals surface area contributed by atoms with E-state index in [-0.39, 0.29) is 11.5 Å². The van der Waals surface area contributed by atoms with Gasteiger partial charge in [-0.1, -0.05) is 12.1 Å². The smallest absolute Gasteiger partial charge is 0.165 e. The number of hydrogen-bond donors (Lipinski definition) is 0. The highest BCUT2D eigenvalue weighted by atomic mass is 19.1. The summed E-state index contributed by atoms with van der Waals surface area (Å²) < 4.78 is 32.2. The van der Waals surface area contributed by atoms with Crippen LogP contribution in [0.15, 0.2) is 36.4 Å². The molecule has 0 fully saturated rings.